The molecule has 1 N–H and O–H groups in total. The summed E-state index contributed by atoms with van der Waals surface area (Å²) in [5.41, 5.74) is 3.31. The van der Waals surface area contributed by atoms with Crippen LogP contribution in [-0.4, -0.2) is 41.1 Å². The maximum Gasteiger partial charge on any atom is 0.237 e. The highest BCUT2D eigenvalue weighted by Crippen LogP contribution is 2.25. The highest BCUT2D eigenvalue weighted by molar-refractivity contribution is 8.00. The number of anilines is 1. The minimum Gasteiger partial charge on any atom is -0.322 e. The van der Waals surface area contributed by atoms with E-state index < -0.39 is 0 Å². The number of para-hydroxylation sites is 1. The van der Waals surface area contributed by atoms with E-state index in [9.17, 15) is 4.79 Å². The van der Waals surface area contributed by atoms with Gasteiger partial charge in [0.25, 0.3) is 0 Å². The van der Waals surface area contributed by atoms with Crippen molar-refractivity contribution in [2.24, 2.45) is 7.05 Å². The molecule has 0 saturated carbocycles. The molecule has 2 aromatic heterocycles. The number of hydrogen-bond acceptors (Lipinski definition) is 6. The second-order valence-electron chi connectivity index (χ2n) is 5.63. The van der Waals surface area contributed by atoms with Gasteiger partial charge >= 0.3 is 0 Å². The van der Waals surface area contributed by atoms with Gasteiger partial charge in [-0.25, -0.2) is 0 Å². The van der Waals surface area contributed by atoms with Crippen LogP contribution in [0.3, 0.4) is 0 Å². The number of thioether (sulfide) groups is 1. The van der Waals surface area contributed by atoms with Crippen LogP contribution >= 0.6 is 11.8 Å². The Kier molecular flexibility index (Phi) is 4.84. The molecule has 1 atom stereocenters. The number of benzene rings is 1. The number of rotatable bonds is 5. The van der Waals surface area contributed by atoms with Crippen LogP contribution in [0, 0.1) is 13.8 Å². The summed E-state index contributed by atoms with van der Waals surface area (Å²) in [4.78, 5) is 12.6. The Hall–Kier alpha value is -2.68. The van der Waals surface area contributed by atoms with E-state index in [1.165, 1.54) is 11.8 Å². The highest BCUT2D eigenvalue weighted by atomic mass is 32.2. The molecule has 3 aromatic rings. The van der Waals surface area contributed by atoms with Crippen molar-refractivity contribution in [2.45, 2.75) is 31.2 Å². The fraction of sp³-hybridized carbons (Fsp3) is 0.312. The van der Waals surface area contributed by atoms with Gasteiger partial charge in [-0.15, -0.1) is 5.10 Å². The van der Waals surface area contributed by atoms with E-state index >= 15 is 0 Å². The number of aromatic nitrogens is 6. The normalized spacial score (nSPS) is 12.2. The van der Waals surface area contributed by atoms with Gasteiger partial charge in [-0.1, -0.05) is 30.0 Å². The molecular formula is C16H19N7OS. The summed E-state index contributed by atoms with van der Waals surface area (Å²) in [5.74, 6) is -0.119. The number of hydrogen-bond donors (Lipinski definition) is 1. The lowest BCUT2D eigenvalue weighted by Crippen LogP contribution is -2.23. The Morgan fingerprint density at radius 2 is 1.96 bits per heavy atom. The van der Waals surface area contributed by atoms with Crippen molar-refractivity contribution >= 4 is 23.4 Å². The number of nitrogens with one attached hydrogen (secondary N) is 1. The van der Waals surface area contributed by atoms with E-state index in [-0.39, 0.29) is 11.2 Å². The van der Waals surface area contributed by atoms with Crippen molar-refractivity contribution in [2.75, 3.05) is 5.32 Å². The van der Waals surface area contributed by atoms with Crippen molar-refractivity contribution in [3.05, 3.63) is 41.7 Å². The Balaban J connectivity index is 1.74. The zero-order chi connectivity index (χ0) is 18.0. The SMILES string of the molecule is Cc1nn(C)c(C)c1NC(=O)[C@H](C)Sc1nnnn1-c1ccccc1. The largest absolute Gasteiger partial charge is 0.322 e. The molecule has 0 unspecified atom stereocenters. The lowest BCUT2D eigenvalue weighted by Gasteiger charge is -2.12. The van der Waals surface area contributed by atoms with Gasteiger partial charge < -0.3 is 5.32 Å². The molecule has 25 heavy (non-hydrogen) atoms. The van der Waals surface area contributed by atoms with Crippen LogP contribution in [0.5, 0.6) is 0 Å². The summed E-state index contributed by atoms with van der Waals surface area (Å²) < 4.78 is 3.37. The van der Waals surface area contributed by atoms with Gasteiger partial charge in [-0.05, 0) is 43.3 Å². The summed E-state index contributed by atoms with van der Waals surface area (Å²) in [6.45, 7) is 5.62. The van der Waals surface area contributed by atoms with Crippen LogP contribution in [0.1, 0.15) is 18.3 Å². The van der Waals surface area contributed by atoms with Gasteiger partial charge in [0.2, 0.25) is 11.1 Å². The van der Waals surface area contributed by atoms with Crippen molar-refractivity contribution in [1.29, 1.82) is 0 Å². The lowest BCUT2D eigenvalue weighted by molar-refractivity contribution is -0.115. The topological polar surface area (TPSA) is 90.5 Å². The fourth-order valence-corrected chi connectivity index (χ4v) is 3.18. The summed E-state index contributed by atoms with van der Waals surface area (Å²) in [6, 6.07) is 9.57. The average Bonchev–Trinajstić information content (AvgIpc) is 3.15. The van der Waals surface area contributed by atoms with E-state index in [1.807, 2.05) is 58.2 Å². The van der Waals surface area contributed by atoms with Crippen LogP contribution in [0.15, 0.2) is 35.5 Å². The number of carbonyl (C=O) groups excluding carboxylic acids is 1. The standard InChI is InChI=1S/C16H19N7OS/c1-10-14(11(2)22(4)19-10)17-15(24)12(3)25-16-18-20-21-23(16)13-8-6-5-7-9-13/h5-9,12H,1-4H3,(H,17,24)/t12-/m0/s1. The number of tetrazole rings is 1. The molecule has 8 nitrogen and oxygen atoms in total. The van der Waals surface area contributed by atoms with Crippen LogP contribution < -0.4 is 5.32 Å². The zero-order valence-electron chi connectivity index (χ0n) is 14.5. The molecule has 0 spiro atoms. The van der Waals surface area contributed by atoms with Crippen LogP contribution in [-0.2, 0) is 11.8 Å². The quantitative estimate of drug-likeness (QED) is 0.704. The predicted octanol–water partition coefficient (Wildman–Crippen LogP) is 2.13. The van der Waals surface area contributed by atoms with Gasteiger partial charge in [0, 0.05) is 7.05 Å². The zero-order valence-corrected chi connectivity index (χ0v) is 15.3. The Morgan fingerprint density at radius 3 is 2.60 bits per heavy atom. The molecule has 0 aliphatic rings. The van der Waals surface area contributed by atoms with E-state index in [4.69, 9.17) is 0 Å². The molecule has 1 aromatic carbocycles. The van der Waals surface area contributed by atoms with E-state index in [0.29, 0.717) is 5.16 Å². The molecule has 2 heterocycles. The maximum absolute atomic E-state index is 12.6. The molecule has 0 fully saturated rings. The summed E-state index contributed by atoms with van der Waals surface area (Å²) in [7, 11) is 1.85. The van der Waals surface area contributed by atoms with Crippen LogP contribution in [0.2, 0.25) is 0 Å². The maximum atomic E-state index is 12.6. The third kappa shape index (κ3) is 3.55. The highest BCUT2D eigenvalue weighted by Gasteiger charge is 2.21. The second kappa shape index (κ2) is 7.06. The lowest BCUT2D eigenvalue weighted by atomic mass is 10.3. The fourth-order valence-electron chi connectivity index (χ4n) is 2.37. The molecule has 1 amide bonds. The number of aryl methyl sites for hydroxylation is 2. The third-order valence-corrected chi connectivity index (χ3v) is 4.88. The first-order valence-corrected chi connectivity index (χ1v) is 8.67. The van der Waals surface area contributed by atoms with Gasteiger partial charge in [0.15, 0.2) is 0 Å². The molecular weight excluding hydrogens is 338 g/mol. The average molecular weight is 357 g/mol. The third-order valence-electron chi connectivity index (χ3n) is 3.85. The van der Waals surface area contributed by atoms with Crippen molar-refractivity contribution in [3.63, 3.8) is 0 Å². The van der Waals surface area contributed by atoms with E-state index in [1.54, 1.807) is 9.36 Å². The minimum atomic E-state index is -0.368. The first-order chi connectivity index (χ1) is 12.0. The Morgan fingerprint density at radius 1 is 1.24 bits per heavy atom. The number of amides is 1. The molecule has 0 radical (unpaired) electrons. The van der Waals surface area contributed by atoms with Gasteiger partial charge in [0.05, 0.1) is 28.0 Å². The van der Waals surface area contributed by atoms with Gasteiger partial charge in [0.1, 0.15) is 0 Å². The van der Waals surface area contributed by atoms with E-state index in [0.717, 1.165) is 22.8 Å². The summed E-state index contributed by atoms with van der Waals surface area (Å²) in [5, 5.41) is 19.2. The molecule has 0 aliphatic heterocycles. The summed E-state index contributed by atoms with van der Waals surface area (Å²) in [6.07, 6.45) is 0. The molecule has 0 bridgehead atoms. The van der Waals surface area contributed by atoms with Crippen LogP contribution in [0.25, 0.3) is 5.69 Å². The van der Waals surface area contributed by atoms with E-state index in [2.05, 4.69) is 25.9 Å². The molecule has 0 saturated heterocycles. The molecule has 130 valence electrons. The van der Waals surface area contributed by atoms with Crippen LogP contribution in [0.4, 0.5) is 5.69 Å². The molecule has 3 rings (SSSR count). The smallest absolute Gasteiger partial charge is 0.237 e. The van der Waals surface area contributed by atoms with Crippen molar-refractivity contribution in [1.82, 2.24) is 30.0 Å². The van der Waals surface area contributed by atoms with Crippen molar-refractivity contribution < 1.29 is 4.79 Å². The summed E-state index contributed by atoms with van der Waals surface area (Å²) >= 11 is 1.31. The van der Waals surface area contributed by atoms with Gasteiger partial charge in [-0.2, -0.15) is 9.78 Å². The Labute approximate surface area is 149 Å². The number of carbonyl (C=O) groups is 1. The monoisotopic (exact) mass is 357 g/mol. The first-order valence-electron chi connectivity index (χ1n) is 7.79. The van der Waals surface area contributed by atoms with Crippen molar-refractivity contribution in [3.8, 4) is 5.69 Å². The molecule has 9 heteroatoms. The minimum absolute atomic E-state index is 0.119. The molecule has 0 aliphatic carbocycles. The number of nitrogens with zero attached hydrogens (tertiary/aromatic N) is 6. The van der Waals surface area contributed by atoms with Gasteiger partial charge in [-0.3, -0.25) is 9.48 Å². The second-order valence-corrected chi connectivity index (χ2v) is 6.94. The Bertz CT molecular complexity index is 887. The first kappa shape index (κ1) is 17.2. The predicted molar refractivity (Wildman–Crippen MR) is 95.8 cm³/mol.